The van der Waals surface area contributed by atoms with E-state index in [2.05, 4.69) is 51.0 Å². The Morgan fingerprint density at radius 3 is 2.80 bits per heavy atom. The van der Waals surface area contributed by atoms with Gasteiger partial charge in [-0.1, -0.05) is 0 Å². The second-order valence-corrected chi connectivity index (χ2v) is 10.6. The molecule has 3 fully saturated rings. The summed E-state index contributed by atoms with van der Waals surface area (Å²) in [6.07, 6.45) is 14.9. The summed E-state index contributed by atoms with van der Waals surface area (Å²) in [5.74, 6) is 1.67. The summed E-state index contributed by atoms with van der Waals surface area (Å²) in [6.45, 7) is 2.71. The molecule has 0 spiro atoms. The summed E-state index contributed by atoms with van der Waals surface area (Å²) in [5.41, 5.74) is 3.91. The van der Waals surface area contributed by atoms with E-state index in [0.29, 0.717) is 30.0 Å². The van der Waals surface area contributed by atoms with E-state index in [9.17, 15) is 4.79 Å². The average Bonchev–Trinajstić information content (AvgIpc) is 3.61. The van der Waals surface area contributed by atoms with Gasteiger partial charge in [0.1, 0.15) is 17.8 Å². The van der Waals surface area contributed by atoms with Crippen molar-refractivity contribution < 1.29 is 4.79 Å². The molecule has 7 rings (SSSR count). The molecule has 35 heavy (non-hydrogen) atoms. The summed E-state index contributed by atoms with van der Waals surface area (Å²) in [5, 5.41) is 17.2. The number of rotatable bonds is 7. The van der Waals surface area contributed by atoms with Gasteiger partial charge in [-0.25, -0.2) is 9.97 Å². The molecule has 2 aliphatic carbocycles. The van der Waals surface area contributed by atoms with E-state index in [0.717, 1.165) is 48.2 Å². The maximum atomic E-state index is 13.2. The van der Waals surface area contributed by atoms with Gasteiger partial charge in [-0.05, 0) is 44.6 Å². The van der Waals surface area contributed by atoms with Crippen molar-refractivity contribution in [2.45, 2.75) is 50.5 Å². The van der Waals surface area contributed by atoms with Crippen molar-refractivity contribution in [3.63, 3.8) is 0 Å². The first-order valence-corrected chi connectivity index (χ1v) is 13.3. The van der Waals surface area contributed by atoms with Crippen molar-refractivity contribution in [2.24, 2.45) is 0 Å². The summed E-state index contributed by atoms with van der Waals surface area (Å²) in [7, 11) is 0. The smallest absolute Gasteiger partial charge is 0.272 e. The molecule has 0 aromatic carbocycles. The third kappa shape index (κ3) is 4.03. The van der Waals surface area contributed by atoms with Crippen LogP contribution in [0.15, 0.2) is 41.7 Å². The molecule has 2 aliphatic heterocycles. The number of dihydropyridines is 1. The average molecular weight is 490 g/mol. The van der Waals surface area contributed by atoms with Gasteiger partial charge in [0.05, 0.1) is 30.0 Å². The zero-order valence-electron chi connectivity index (χ0n) is 19.4. The summed E-state index contributed by atoms with van der Waals surface area (Å²) in [6, 6.07) is 0.470. The van der Waals surface area contributed by atoms with Crippen LogP contribution in [0.25, 0.3) is 16.5 Å². The number of anilines is 1. The maximum Gasteiger partial charge on any atom is 0.272 e. The summed E-state index contributed by atoms with van der Waals surface area (Å²) >= 11 is 1.46. The molecule has 5 heterocycles. The van der Waals surface area contributed by atoms with Crippen molar-refractivity contribution in [3.05, 3.63) is 47.4 Å². The Hall–Kier alpha value is -3.47. The fraction of sp³-hybridized carbons (Fsp3) is 0.458. The monoisotopic (exact) mass is 489 g/mol. The second-order valence-electron chi connectivity index (χ2n) is 9.70. The fourth-order valence-corrected chi connectivity index (χ4v) is 5.60. The van der Waals surface area contributed by atoms with Crippen LogP contribution < -0.4 is 10.6 Å². The molecule has 1 saturated heterocycles. The third-order valence-electron chi connectivity index (χ3n) is 7.08. The van der Waals surface area contributed by atoms with Gasteiger partial charge in [0.25, 0.3) is 5.91 Å². The molecule has 180 valence electrons. The Bertz CT molecular complexity index is 1330. The number of carbonyl (C=O) groups is 1. The highest BCUT2D eigenvalue weighted by atomic mass is 32.1. The first kappa shape index (κ1) is 20.9. The van der Waals surface area contributed by atoms with Crippen LogP contribution in [0.3, 0.4) is 0 Å². The Labute approximate surface area is 206 Å². The molecule has 2 N–H and O–H groups in total. The standard InChI is InChI=1S/C24H27N9OS/c34-23(28-21-12-35-24(29-21)22-30-27-14-33(22)16-5-6-16)17-9-19(20(10-25-17)31-7-1-2-8-31)32-11-18(26-13-32)15-3-4-15/h9,11-16,25H,1-8,10H2,(H,28,34). The van der Waals surface area contributed by atoms with Gasteiger partial charge < -0.3 is 24.7 Å². The van der Waals surface area contributed by atoms with Crippen LogP contribution in [0, 0.1) is 0 Å². The lowest BCUT2D eigenvalue weighted by Gasteiger charge is -2.29. The zero-order valence-corrected chi connectivity index (χ0v) is 20.2. The predicted octanol–water partition coefficient (Wildman–Crippen LogP) is 3.20. The molecule has 0 radical (unpaired) electrons. The van der Waals surface area contributed by atoms with Gasteiger partial charge in [-0.3, -0.25) is 4.79 Å². The largest absolute Gasteiger partial charge is 0.375 e. The lowest BCUT2D eigenvalue weighted by molar-refractivity contribution is -0.113. The molecule has 4 aliphatic rings. The van der Waals surface area contributed by atoms with Crippen molar-refractivity contribution in [3.8, 4) is 10.8 Å². The van der Waals surface area contributed by atoms with E-state index in [1.807, 2.05) is 17.8 Å². The Morgan fingerprint density at radius 2 is 2.00 bits per heavy atom. The SMILES string of the molecule is O=C(Nc1csc(-c2nncn2C2CC2)n1)C1=CC(n2cnc(C3CC3)c2)=C(N2CCCC2)CN1. The molecular formula is C24H27N9OS. The summed E-state index contributed by atoms with van der Waals surface area (Å²) < 4.78 is 4.16. The number of likely N-dealkylation sites (tertiary alicyclic amines) is 1. The van der Waals surface area contributed by atoms with Crippen LogP contribution in [0.4, 0.5) is 5.82 Å². The Balaban J connectivity index is 1.14. The van der Waals surface area contributed by atoms with E-state index >= 15 is 0 Å². The van der Waals surface area contributed by atoms with Crippen LogP contribution in [0.2, 0.25) is 0 Å². The number of thiazole rings is 1. The van der Waals surface area contributed by atoms with E-state index in [-0.39, 0.29) is 5.91 Å². The lowest BCUT2D eigenvalue weighted by atomic mass is 10.1. The number of nitrogens with one attached hydrogen (secondary N) is 2. The van der Waals surface area contributed by atoms with Crippen molar-refractivity contribution >= 4 is 28.8 Å². The molecule has 11 heteroatoms. The van der Waals surface area contributed by atoms with Crippen molar-refractivity contribution in [2.75, 3.05) is 25.0 Å². The fourth-order valence-electron chi connectivity index (χ4n) is 4.86. The number of carbonyl (C=O) groups excluding carboxylic acids is 1. The third-order valence-corrected chi connectivity index (χ3v) is 7.92. The van der Waals surface area contributed by atoms with Crippen LogP contribution in [-0.2, 0) is 4.79 Å². The van der Waals surface area contributed by atoms with E-state index in [1.54, 1.807) is 6.33 Å². The highest BCUT2D eigenvalue weighted by Crippen LogP contribution is 2.40. The predicted molar refractivity (Wildman–Crippen MR) is 132 cm³/mol. The Morgan fingerprint density at radius 1 is 1.14 bits per heavy atom. The topological polar surface area (TPSA) is 106 Å². The Kier molecular flexibility index (Phi) is 4.97. The molecule has 2 saturated carbocycles. The van der Waals surface area contributed by atoms with E-state index in [1.165, 1.54) is 42.7 Å². The molecule has 3 aromatic heterocycles. The van der Waals surface area contributed by atoms with E-state index < -0.39 is 0 Å². The normalized spacial score (nSPS) is 20.2. The van der Waals surface area contributed by atoms with Crippen molar-refractivity contribution in [1.82, 2.24) is 39.5 Å². The quantitative estimate of drug-likeness (QED) is 0.525. The number of hydrogen-bond donors (Lipinski definition) is 2. The lowest BCUT2D eigenvalue weighted by Crippen LogP contribution is -2.36. The minimum atomic E-state index is -0.203. The van der Waals surface area contributed by atoms with Gasteiger partial charge >= 0.3 is 0 Å². The summed E-state index contributed by atoms with van der Waals surface area (Å²) in [4.78, 5) is 24.9. The number of amides is 1. The zero-order chi connectivity index (χ0) is 23.4. The number of nitrogens with zero attached hydrogens (tertiary/aromatic N) is 7. The number of hydrogen-bond acceptors (Lipinski definition) is 8. The van der Waals surface area contributed by atoms with Gasteiger partial charge in [-0.15, -0.1) is 21.5 Å². The molecule has 0 bridgehead atoms. The molecule has 1 amide bonds. The van der Waals surface area contributed by atoms with Gasteiger partial charge in [0, 0.05) is 36.6 Å². The second kappa shape index (κ2) is 8.33. The van der Waals surface area contributed by atoms with Gasteiger partial charge in [-0.2, -0.15) is 0 Å². The van der Waals surface area contributed by atoms with Crippen LogP contribution in [0.5, 0.6) is 0 Å². The highest BCUT2D eigenvalue weighted by Gasteiger charge is 2.29. The number of allylic oxidation sites excluding steroid dienone is 2. The maximum absolute atomic E-state index is 13.2. The van der Waals surface area contributed by atoms with Crippen LogP contribution >= 0.6 is 11.3 Å². The first-order valence-electron chi connectivity index (χ1n) is 12.4. The van der Waals surface area contributed by atoms with Crippen LogP contribution in [-0.4, -0.2) is 59.7 Å². The van der Waals surface area contributed by atoms with E-state index in [4.69, 9.17) is 0 Å². The molecule has 0 unspecified atom stereocenters. The molecule has 10 nitrogen and oxygen atoms in total. The minimum Gasteiger partial charge on any atom is -0.375 e. The molecular weight excluding hydrogens is 462 g/mol. The molecule has 0 atom stereocenters. The first-order chi connectivity index (χ1) is 17.2. The van der Waals surface area contributed by atoms with Gasteiger partial charge in [0.15, 0.2) is 10.8 Å². The highest BCUT2D eigenvalue weighted by molar-refractivity contribution is 7.13. The minimum absolute atomic E-state index is 0.203. The van der Waals surface area contributed by atoms with Crippen molar-refractivity contribution in [1.29, 1.82) is 0 Å². The molecule has 3 aromatic rings. The van der Waals surface area contributed by atoms with Gasteiger partial charge in [0.2, 0.25) is 0 Å². The number of imidazole rings is 1. The van der Waals surface area contributed by atoms with Crippen LogP contribution in [0.1, 0.15) is 56.2 Å². The number of aromatic nitrogens is 6.